The van der Waals surface area contributed by atoms with Gasteiger partial charge in [0.05, 0.1) is 32.6 Å². The third-order valence-electron chi connectivity index (χ3n) is 5.12. The highest BCUT2D eigenvalue weighted by Crippen LogP contribution is 2.38. The van der Waals surface area contributed by atoms with E-state index >= 15 is 0 Å². The first-order valence-corrected chi connectivity index (χ1v) is 10.7. The van der Waals surface area contributed by atoms with Gasteiger partial charge in [0.25, 0.3) is 5.91 Å². The molecule has 0 aliphatic heterocycles. The quantitative estimate of drug-likeness (QED) is 0.456. The van der Waals surface area contributed by atoms with Gasteiger partial charge in [0, 0.05) is 12.6 Å². The summed E-state index contributed by atoms with van der Waals surface area (Å²) < 4.78 is 16.0. The summed E-state index contributed by atoms with van der Waals surface area (Å²) >= 11 is 0. The number of amides is 2. The first-order chi connectivity index (χ1) is 16.4. The fourth-order valence-corrected chi connectivity index (χ4v) is 3.32. The van der Waals surface area contributed by atoms with Gasteiger partial charge in [-0.2, -0.15) is 0 Å². The van der Waals surface area contributed by atoms with Crippen molar-refractivity contribution in [1.82, 2.24) is 5.32 Å². The fraction of sp³-hybridized carbons (Fsp3) is 0.185. The molecule has 0 aromatic heterocycles. The van der Waals surface area contributed by atoms with Gasteiger partial charge in [-0.05, 0) is 48.4 Å². The predicted octanol–water partition coefficient (Wildman–Crippen LogP) is 4.60. The molecule has 0 spiro atoms. The Labute approximate surface area is 199 Å². The molecule has 34 heavy (non-hydrogen) atoms. The van der Waals surface area contributed by atoms with Crippen LogP contribution >= 0.6 is 0 Å². The minimum atomic E-state index is -0.382. The molecule has 7 heteroatoms. The Morgan fingerprint density at radius 3 is 2.15 bits per heavy atom. The number of hydrogen-bond acceptors (Lipinski definition) is 5. The molecule has 3 aromatic rings. The summed E-state index contributed by atoms with van der Waals surface area (Å²) in [6.07, 6.45) is 3.00. The van der Waals surface area contributed by atoms with Crippen molar-refractivity contribution in [1.29, 1.82) is 0 Å². The van der Waals surface area contributed by atoms with E-state index in [2.05, 4.69) is 10.6 Å². The average molecular weight is 461 g/mol. The number of carbonyl (C=O) groups is 2. The number of para-hydroxylation sites is 1. The molecule has 0 aliphatic rings. The van der Waals surface area contributed by atoms with Crippen molar-refractivity contribution in [2.75, 3.05) is 26.6 Å². The number of ether oxygens (including phenoxy) is 3. The van der Waals surface area contributed by atoms with E-state index in [1.165, 1.54) is 27.4 Å². The second-order valence-electron chi connectivity index (χ2n) is 7.50. The number of anilines is 1. The predicted molar refractivity (Wildman–Crippen MR) is 133 cm³/mol. The molecule has 0 radical (unpaired) electrons. The summed E-state index contributed by atoms with van der Waals surface area (Å²) in [6.45, 7) is 2.40. The maximum atomic E-state index is 12.7. The summed E-state index contributed by atoms with van der Waals surface area (Å²) in [7, 11) is 4.58. The standard InChI is InChI=1S/C27H28N2O5/c1-18-9-11-19(12-10-18)17-28-27(31)21-7-5-6-8-22(21)29-25(30)14-13-20-15-23(32-2)26(34-4)24(16-20)33-3/h5-16H,17H2,1-4H3,(H,28,31)(H,29,30)/b14-13+. The number of nitrogens with one attached hydrogen (secondary N) is 2. The SMILES string of the molecule is COc1cc(/C=C/C(=O)Nc2ccccc2C(=O)NCc2ccc(C)cc2)cc(OC)c1OC. The minimum Gasteiger partial charge on any atom is -0.493 e. The van der Waals surface area contributed by atoms with Crippen LogP contribution in [0.25, 0.3) is 6.08 Å². The van der Waals surface area contributed by atoms with Crippen LogP contribution in [-0.4, -0.2) is 33.1 Å². The Bertz CT molecular complexity index is 1160. The zero-order valence-electron chi connectivity index (χ0n) is 19.7. The average Bonchev–Trinajstić information content (AvgIpc) is 2.86. The van der Waals surface area contributed by atoms with Crippen LogP contribution < -0.4 is 24.8 Å². The van der Waals surface area contributed by atoms with Gasteiger partial charge in [-0.1, -0.05) is 42.0 Å². The maximum Gasteiger partial charge on any atom is 0.253 e. The van der Waals surface area contributed by atoms with E-state index in [0.29, 0.717) is 40.6 Å². The summed E-state index contributed by atoms with van der Waals surface area (Å²) in [5.41, 5.74) is 3.64. The lowest BCUT2D eigenvalue weighted by Crippen LogP contribution is -2.24. The highest BCUT2D eigenvalue weighted by atomic mass is 16.5. The van der Waals surface area contributed by atoms with Crippen molar-refractivity contribution in [3.05, 3.63) is 89.0 Å². The van der Waals surface area contributed by atoms with Crippen molar-refractivity contribution in [2.24, 2.45) is 0 Å². The van der Waals surface area contributed by atoms with E-state index in [1.54, 1.807) is 42.5 Å². The molecule has 0 heterocycles. The second-order valence-corrected chi connectivity index (χ2v) is 7.50. The van der Waals surface area contributed by atoms with Gasteiger partial charge in [0.2, 0.25) is 11.7 Å². The molecule has 3 aromatic carbocycles. The molecular weight excluding hydrogens is 432 g/mol. The Hall–Kier alpha value is -4.26. The van der Waals surface area contributed by atoms with Gasteiger partial charge in [-0.15, -0.1) is 0 Å². The molecule has 0 atom stereocenters. The smallest absolute Gasteiger partial charge is 0.253 e. The number of carbonyl (C=O) groups excluding carboxylic acids is 2. The lowest BCUT2D eigenvalue weighted by atomic mass is 10.1. The largest absolute Gasteiger partial charge is 0.493 e. The topological polar surface area (TPSA) is 85.9 Å². The summed E-state index contributed by atoms with van der Waals surface area (Å²) in [5, 5.41) is 5.67. The van der Waals surface area contributed by atoms with Crippen LogP contribution in [0, 0.1) is 6.92 Å². The minimum absolute atomic E-state index is 0.273. The number of aryl methyl sites for hydroxylation is 1. The Kier molecular flexibility index (Phi) is 8.29. The van der Waals surface area contributed by atoms with Gasteiger partial charge in [0.1, 0.15) is 0 Å². The van der Waals surface area contributed by atoms with E-state index < -0.39 is 0 Å². The van der Waals surface area contributed by atoms with Crippen molar-refractivity contribution in [3.8, 4) is 17.2 Å². The first kappa shape index (κ1) is 24.4. The molecule has 2 N–H and O–H groups in total. The van der Waals surface area contributed by atoms with Gasteiger partial charge in [-0.3, -0.25) is 9.59 Å². The summed E-state index contributed by atoms with van der Waals surface area (Å²) in [5.74, 6) is 0.782. The zero-order valence-corrected chi connectivity index (χ0v) is 19.7. The third-order valence-corrected chi connectivity index (χ3v) is 5.12. The van der Waals surface area contributed by atoms with Crippen LogP contribution in [0.3, 0.4) is 0 Å². The molecule has 0 fully saturated rings. The number of rotatable bonds is 9. The third kappa shape index (κ3) is 6.16. The van der Waals surface area contributed by atoms with Crippen LogP contribution in [-0.2, 0) is 11.3 Å². The van der Waals surface area contributed by atoms with Crippen LogP contribution in [0.5, 0.6) is 17.2 Å². The maximum absolute atomic E-state index is 12.7. The monoisotopic (exact) mass is 460 g/mol. The molecular formula is C27H28N2O5. The van der Waals surface area contributed by atoms with Crippen LogP contribution in [0.15, 0.2) is 66.7 Å². The van der Waals surface area contributed by atoms with Gasteiger partial charge in [-0.25, -0.2) is 0 Å². The van der Waals surface area contributed by atoms with Crippen LogP contribution in [0.1, 0.15) is 27.0 Å². The van der Waals surface area contributed by atoms with E-state index in [4.69, 9.17) is 14.2 Å². The van der Waals surface area contributed by atoms with Crippen molar-refractivity contribution in [3.63, 3.8) is 0 Å². The first-order valence-electron chi connectivity index (χ1n) is 10.7. The highest BCUT2D eigenvalue weighted by Gasteiger charge is 2.14. The molecule has 0 unspecified atom stereocenters. The summed E-state index contributed by atoms with van der Waals surface area (Å²) in [4.78, 5) is 25.3. The molecule has 3 rings (SSSR count). The molecule has 0 aliphatic carbocycles. The zero-order chi connectivity index (χ0) is 24.5. The Morgan fingerprint density at radius 2 is 1.53 bits per heavy atom. The number of hydrogen-bond donors (Lipinski definition) is 2. The summed E-state index contributed by atoms with van der Waals surface area (Å²) in [6, 6.07) is 18.3. The highest BCUT2D eigenvalue weighted by molar-refractivity contribution is 6.07. The fourth-order valence-electron chi connectivity index (χ4n) is 3.32. The van der Waals surface area contributed by atoms with Crippen LogP contribution in [0.2, 0.25) is 0 Å². The van der Waals surface area contributed by atoms with Crippen molar-refractivity contribution in [2.45, 2.75) is 13.5 Å². The van der Waals surface area contributed by atoms with Gasteiger partial charge < -0.3 is 24.8 Å². The Morgan fingerprint density at radius 1 is 0.882 bits per heavy atom. The molecule has 0 bridgehead atoms. The van der Waals surface area contributed by atoms with Crippen LogP contribution in [0.4, 0.5) is 5.69 Å². The molecule has 0 saturated carbocycles. The van der Waals surface area contributed by atoms with E-state index in [9.17, 15) is 9.59 Å². The van der Waals surface area contributed by atoms with Crippen molar-refractivity contribution < 1.29 is 23.8 Å². The van der Waals surface area contributed by atoms with Gasteiger partial charge in [0.15, 0.2) is 11.5 Å². The molecule has 0 saturated heterocycles. The normalized spacial score (nSPS) is 10.6. The number of benzene rings is 3. The molecule has 176 valence electrons. The Balaban J connectivity index is 1.70. The van der Waals surface area contributed by atoms with E-state index in [1.807, 2.05) is 31.2 Å². The van der Waals surface area contributed by atoms with E-state index in [0.717, 1.165) is 11.1 Å². The lowest BCUT2D eigenvalue weighted by molar-refractivity contribution is -0.111. The molecule has 2 amide bonds. The molecule has 7 nitrogen and oxygen atoms in total. The lowest BCUT2D eigenvalue weighted by Gasteiger charge is -2.13. The number of methoxy groups -OCH3 is 3. The second kappa shape index (κ2) is 11.6. The van der Waals surface area contributed by atoms with Crippen molar-refractivity contribution >= 4 is 23.6 Å². The van der Waals surface area contributed by atoms with E-state index in [-0.39, 0.29) is 11.8 Å². The van der Waals surface area contributed by atoms with Gasteiger partial charge >= 0.3 is 0 Å².